The largest absolute Gasteiger partial charge is 0.269 e. The third kappa shape index (κ3) is 2.41. The number of aromatic nitrogens is 3. The van der Waals surface area contributed by atoms with Gasteiger partial charge in [-0.2, -0.15) is 5.10 Å². The van der Waals surface area contributed by atoms with Crippen molar-refractivity contribution in [3.05, 3.63) is 41.7 Å². The number of rotatable bonds is 3. The molecular weight excluding hydrogens is 300 g/mol. The van der Waals surface area contributed by atoms with E-state index in [1.54, 1.807) is 28.9 Å². The molecule has 7 heteroatoms. The molecule has 1 aromatic heterocycles. The molecule has 1 aliphatic rings. The van der Waals surface area contributed by atoms with Crippen LogP contribution in [-0.2, 0) is 5.54 Å². The Labute approximate surface area is 132 Å². The van der Waals surface area contributed by atoms with E-state index in [9.17, 15) is 9.59 Å². The highest BCUT2D eigenvalue weighted by Crippen LogP contribution is 2.27. The van der Waals surface area contributed by atoms with Crippen LogP contribution in [0, 0.1) is 0 Å². The molecule has 0 spiro atoms. The summed E-state index contributed by atoms with van der Waals surface area (Å²) in [6, 6.07) is 6.88. The van der Waals surface area contributed by atoms with Crippen LogP contribution in [-0.4, -0.2) is 37.4 Å². The summed E-state index contributed by atoms with van der Waals surface area (Å²) in [6.07, 6.45) is 1.48. The van der Waals surface area contributed by atoms with Gasteiger partial charge in [0.1, 0.15) is 6.33 Å². The summed E-state index contributed by atoms with van der Waals surface area (Å²) < 4.78 is 1.79. The molecule has 2 heterocycles. The minimum absolute atomic E-state index is 0.208. The number of imide groups is 1. The lowest BCUT2D eigenvalue weighted by Gasteiger charge is -2.21. The van der Waals surface area contributed by atoms with Crippen LogP contribution in [0.25, 0.3) is 0 Å². The van der Waals surface area contributed by atoms with Crippen molar-refractivity contribution >= 4 is 23.6 Å². The number of benzene rings is 1. The molecule has 1 aromatic carbocycles. The van der Waals surface area contributed by atoms with E-state index in [1.165, 1.54) is 23.0 Å². The van der Waals surface area contributed by atoms with Gasteiger partial charge in [0.25, 0.3) is 11.8 Å². The fraction of sp³-hybridized carbons (Fsp3) is 0.333. The zero-order valence-electron chi connectivity index (χ0n) is 12.6. The maximum absolute atomic E-state index is 12.3. The van der Waals surface area contributed by atoms with E-state index in [-0.39, 0.29) is 23.2 Å². The van der Waals surface area contributed by atoms with Crippen molar-refractivity contribution in [2.75, 3.05) is 5.88 Å². The number of carbonyl (C=O) groups excluding carboxylic acids is 2. The lowest BCUT2D eigenvalue weighted by atomic mass is 10.1. The lowest BCUT2D eigenvalue weighted by Crippen LogP contribution is -2.30. The highest BCUT2D eigenvalue weighted by atomic mass is 32.2. The molecule has 0 N–H and O–H groups in total. The van der Waals surface area contributed by atoms with Crippen LogP contribution >= 0.6 is 11.8 Å². The quantitative estimate of drug-likeness (QED) is 0.642. The first-order valence-corrected chi connectivity index (χ1v) is 7.86. The van der Waals surface area contributed by atoms with Gasteiger partial charge in [-0.15, -0.1) is 0 Å². The Morgan fingerprint density at radius 2 is 1.68 bits per heavy atom. The molecule has 0 aliphatic carbocycles. The van der Waals surface area contributed by atoms with E-state index in [0.717, 1.165) is 0 Å². The average Bonchev–Trinajstić information content (AvgIpc) is 3.03. The number of hydrogen-bond acceptors (Lipinski definition) is 5. The Morgan fingerprint density at radius 3 is 2.23 bits per heavy atom. The SMILES string of the molecule is CC(C)(C)n1ncnc1SCN1C(=O)c2ccccc2C1=O. The topological polar surface area (TPSA) is 68.1 Å². The number of carbonyl (C=O) groups is 2. The predicted octanol–water partition coefficient (Wildman–Crippen LogP) is 2.38. The van der Waals surface area contributed by atoms with Crippen LogP contribution in [0.3, 0.4) is 0 Å². The van der Waals surface area contributed by atoms with E-state index in [2.05, 4.69) is 10.1 Å². The Morgan fingerprint density at radius 1 is 1.09 bits per heavy atom. The molecule has 6 nitrogen and oxygen atoms in total. The highest BCUT2D eigenvalue weighted by Gasteiger charge is 2.35. The van der Waals surface area contributed by atoms with Gasteiger partial charge in [-0.05, 0) is 32.9 Å². The zero-order valence-corrected chi connectivity index (χ0v) is 13.4. The van der Waals surface area contributed by atoms with E-state index < -0.39 is 0 Å². The van der Waals surface area contributed by atoms with E-state index in [1.807, 2.05) is 20.8 Å². The summed E-state index contributed by atoms with van der Waals surface area (Å²) in [5.74, 6) is -0.286. The van der Waals surface area contributed by atoms with Crippen molar-refractivity contribution in [1.29, 1.82) is 0 Å². The first-order chi connectivity index (χ1) is 10.4. The lowest BCUT2D eigenvalue weighted by molar-refractivity contribution is 0.0684. The Bertz CT molecular complexity index is 713. The number of fused-ring (bicyclic) bond motifs is 1. The van der Waals surface area contributed by atoms with Gasteiger partial charge in [0.05, 0.1) is 22.5 Å². The van der Waals surface area contributed by atoms with E-state index in [4.69, 9.17) is 0 Å². The summed E-state index contributed by atoms with van der Waals surface area (Å²) in [6.45, 7) is 6.06. The summed E-state index contributed by atoms with van der Waals surface area (Å²) in [5, 5.41) is 4.89. The van der Waals surface area contributed by atoms with Gasteiger partial charge in [0.2, 0.25) is 0 Å². The molecule has 2 amide bonds. The molecule has 0 unspecified atom stereocenters. The Hall–Kier alpha value is -2.15. The minimum Gasteiger partial charge on any atom is -0.269 e. The van der Waals surface area contributed by atoms with Gasteiger partial charge in [0, 0.05) is 0 Å². The van der Waals surface area contributed by atoms with Crippen molar-refractivity contribution in [3.63, 3.8) is 0 Å². The number of thioether (sulfide) groups is 1. The molecule has 0 bridgehead atoms. The molecule has 2 aromatic rings. The maximum atomic E-state index is 12.3. The van der Waals surface area contributed by atoms with E-state index >= 15 is 0 Å². The third-order valence-electron chi connectivity index (χ3n) is 3.35. The second-order valence-electron chi connectivity index (χ2n) is 5.98. The normalized spacial score (nSPS) is 14.6. The van der Waals surface area contributed by atoms with Gasteiger partial charge in [-0.25, -0.2) is 9.67 Å². The molecule has 3 rings (SSSR count). The van der Waals surface area contributed by atoms with Crippen molar-refractivity contribution < 1.29 is 9.59 Å². The number of hydrogen-bond donors (Lipinski definition) is 0. The van der Waals surface area contributed by atoms with Crippen molar-refractivity contribution in [2.24, 2.45) is 0 Å². The van der Waals surface area contributed by atoms with Crippen LogP contribution in [0.5, 0.6) is 0 Å². The van der Waals surface area contributed by atoms with Crippen LogP contribution in [0.2, 0.25) is 0 Å². The molecule has 0 radical (unpaired) electrons. The monoisotopic (exact) mass is 316 g/mol. The van der Waals surface area contributed by atoms with Crippen LogP contribution in [0.1, 0.15) is 41.5 Å². The second kappa shape index (κ2) is 5.24. The van der Waals surface area contributed by atoms with Gasteiger partial charge in [-0.1, -0.05) is 23.9 Å². The molecule has 114 valence electrons. The summed E-state index contributed by atoms with van der Waals surface area (Å²) in [5.41, 5.74) is 0.719. The molecule has 0 atom stereocenters. The first kappa shape index (κ1) is 14.8. The van der Waals surface area contributed by atoms with Gasteiger partial charge >= 0.3 is 0 Å². The molecule has 0 saturated heterocycles. The van der Waals surface area contributed by atoms with Gasteiger partial charge in [-0.3, -0.25) is 14.5 Å². The van der Waals surface area contributed by atoms with Gasteiger partial charge < -0.3 is 0 Å². The third-order valence-corrected chi connectivity index (χ3v) is 4.28. The first-order valence-electron chi connectivity index (χ1n) is 6.88. The number of nitrogens with zero attached hydrogens (tertiary/aromatic N) is 4. The summed E-state index contributed by atoms with van der Waals surface area (Å²) in [4.78, 5) is 30.1. The number of amides is 2. The fourth-order valence-electron chi connectivity index (χ4n) is 2.27. The Kier molecular flexibility index (Phi) is 3.52. The zero-order chi connectivity index (χ0) is 15.9. The molecule has 1 aliphatic heterocycles. The molecular formula is C15H16N4O2S. The van der Waals surface area contributed by atoms with Crippen molar-refractivity contribution in [2.45, 2.75) is 31.5 Å². The van der Waals surface area contributed by atoms with Crippen molar-refractivity contribution in [1.82, 2.24) is 19.7 Å². The summed E-state index contributed by atoms with van der Waals surface area (Å²) >= 11 is 1.33. The van der Waals surface area contributed by atoms with Crippen LogP contribution in [0.4, 0.5) is 0 Å². The van der Waals surface area contributed by atoms with Crippen LogP contribution < -0.4 is 0 Å². The maximum Gasteiger partial charge on any atom is 0.262 e. The standard InChI is InChI=1S/C15H16N4O2S/c1-15(2,3)19-14(16-8-17-19)22-9-18-12(20)10-6-4-5-7-11(10)13(18)21/h4-8H,9H2,1-3H3. The molecule has 0 saturated carbocycles. The predicted molar refractivity (Wildman–Crippen MR) is 82.7 cm³/mol. The fourth-order valence-corrected chi connectivity index (χ4v) is 3.31. The average molecular weight is 316 g/mol. The second-order valence-corrected chi connectivity index (χ2v) is 6.89. The Balaban J connectivity index is 1.78. The molecule has 22 heavy (non-hydrogen) atoms. The minimum atomic E-state index is -0.255. The van der Waals surface area contributed by atoms with Crippen LogP contribution in [0.15, 0.2) is 35.7 Å². The van der Waals surface area contributed by atoms with Crippen molar-refractivity contribution in [3.8, 4) is 0 Å². The van der Waals surface area contributed by atoms with E-state index in [0.29, 0.717) is 16.3 Å². The summed E-state index contributed by atoms with van der Waals surface area (Å²) in [7, 11) is 0. The highest BCUT2D eigenvalue weighted by molar-refractivity contribution is 7.99. The molecule has 0 fully saturated rings. The smallest absolute Gasteiger partial charge is 0.262 e. The van der Waals surface area contributed by atoms with Gasteiger partial charge in [0.15, 0.2) is 5.16 Å².